The van der Waals surface area contributed by atoms with Crippen LogP contribution >= 0.6 is 0 Å². The van der Waals surface area contributed by atoms with Gasteiger partial charge >= 0.3 is 6.03 Å². The zero-order valence-corrected chi connectivity index (χ0v) is 12.4. The fraction of sp³-hybridized carbons (Fsp3) is 0.875. The number of imide groups is 1. The molecule has 4 rings (SSSR count). The molecule has 4 fully saturated rings. The Balaban J connectivity index is 1.55. The SMILES string of the molecule is O=C1NC(C2CC2)(C2CC2)C(=O)N1CC1(O)CCCCC1. The number of nitrogens with zero attached hydrogens (tertiary/aromatic N) is 1. The van der Waals surface area contributed by atoms with Crippen molar-refractivity contribution >= 4 is 11.9 Å². The molecular weight excluding hydrogens is 268 g/mol. The van der Waals surface area contributed by atoms with Gasteiger partial charge < -0.3 is 10.4 Å². The van der Waals surface area contributed by atoms with E-state index in [9.17, 15) is 14.7 Å². The van der Waals surface area contributed by atoms with Gasteiger partial charge in [-0.2, -0.15) is 0 Å². The van der Waals surface area contributed by atoms with Crippen LogP contribution in [0.1, 0.15) is 57.8 Å². The molecule has 3 amide bonds. The summed E-state index contributed by atoms with van der Waals surface area (Å²) in [5.41, 5.74) is -1.49. The van der Waals surface area contributed by atoms with E-state index in [1.165, 1.54) is 4.90 Å². The topological polar surface area (TPSA) is 69.6 Å². The van der Waals surface area contributed by atoms with E-state index in [0.717, 1.165) is 44.9 Å². The number of carbonyl (C=O) groups excluding carboxylic acids is 2. The minimum Gasteiger partial charge on any atom is -0.388 e. The molecule has 0 aromatic heterocycles. The van der Waals surface area contributed by atoms with Crippen LogP contribution in [0.25, 0.3) is 0 Å². The summed E-state index contributed by atoms with van der Waals surface area (Å²) in [7, 11) is 0. The second-order valence-electron chi connectivity index (χ2n) is 7.52. The van der Waals surface area contributed by atoms with Crippen molar-refractivity contribution < 1.29 is 14.7 Å². The Morgan fingerprint density at radius 1 is 1.05 bits per heavy atom. The van der Waals surface area contributed by atoms with Crippen molar-refractivity contribution in [2.75, 3.05) is 6.54 Å². The molecule has 0 unspecified atom stereocenters. The number of urea groups is 1. The minimum absolute atomic E-state index is 0.0588. The monoisotopic (exact) mass is 292 g/mol. The van der Waals surface area contributed by atoms with Crippen LogP contribution in [0.15, 0.2) is 0 Å². The highest BCUT2D eigenvalue weighted by atomic mass is 16.3. The molecule has 116 valence electrons. The van der Waals surface area contributed by atoms with E-state index in [2.05, 4.69) is 5.32 Å². The smallest absolute Gasteiger partial charge is 0.325 e. The Morgan fingerprint density at radius 3 is 2.14 bits per heavy atom. The van der Waals surface area contributed by atoms with E-state index in [0.29, 0.717) is 24.7 Å². The molecule has 3 saturated carbocycles. The Hall–Kier alpha value is -1.10. The lowest BCUT2D eigenvalue weighted by atomic mass is 9.83. The van der Waals surface area contributed by atoms with Gasteiger partial charge in [-0.1, -0.05) is 19.3 Å². The fourth-order valence-corrected chi connectivity index (χ4v) is 4.38. The fourth-order valence-electron chi connectivity index (χ4n) is 4.38. The summed E-state index contributed by atoms with van der Waals surface area (Å²) in [5.74, 6) is 0.594. The third kappa shape index (κ3) is 2.08. The molecule has 0 atom stereocenters. The molecule has 0 aromatic carbocycles. The van der Waals surface area contributed by atoms with E-state index in [-0.39, 0.29) is 18.5 Å². The summed E-state index contributed by atoms with van der Waals surface area (Å²) in [6.45, 7) is 0.179. The second kappa shape index (κ2) is 4.45. The van der Waals surface area contributed by atoms with E-state index in [4.69, 9.17) is 0 Å². The van der Waals surface area contributed by atoms with Crippen LogP contribution in [0, 0.1) is 11.8 Å². The zero-order chi connectivity index (χ0) is 14.7. The first kappa shape index (κ1) is 13.6. The normalized spacial score (nSPS) is 31.4. The van der Waals surface area contributed by atoms with Gasteiger partial charge in [0.05, 0.1) is 12.1 Å². The molecule has 0 aromatic rings. The molecule has 2 N–H and O–H groups in total. The van der Waals surface area contributed by atoms with Gasteiger partial charge in [-0.15, -0.1) is 0 Å². The van der Waals surface area contributed by atoms with Gasteiger partial charge in [0.25, 0.3) is 5.91 Å². The molecule has 0 bridgehead atoms. The highest BCUT2D eigenvalue weighted by Crippen LogP contribution is 2.54. The van der Waals surface area contributed by atoms with Gasteiger partial charge in [-0.05, 0) is 50.4 Å². The van der Waals surface area contributed by atoms with Crippen LogP contribution in [0.2, 0.25) is 0 Å². The number of hydrogen-bond acceptors (Lipinski definition) is 3. The van der Waals surface area contributed by atoms with Crippen LogP contribution < -0.4 is 5.32 Å². The Labute approximate surface area is 125 Å². The first-order valence-corrected chi connectivity index (χ1v) is 8.42. The Bertz CT molecular complexity index is 464. The van der Waals surface area contributed by atoms with Crippen molar-refractivity contribution in [2.45, 2.75) is 68.9 Å². The average molecular weight is 292 g/mol. The second-order valence-corrected chi connectivity index (χ2v) is 7.52. The van der Waals surface area contributed by atoms with Gasteiger partial charge in [0, 0.05) is 0 Å². The van der Waals surface area contributed by atoms with E-state index in [1.807, 2.05) is 0 Å². The summed E-state index contributed by atoms with van der Waals surface area (Å²) in [6, 6.07) is -0.280. The molecule has 21 heavy (non-hydrogen) atoms. The van der Waals surface area contributed by atoms with E-state index < -0.39 is 11.1 Å². The number of aliphatic hydroxyl groups is 1. The number of amides is 3. The summed E-state index contributed by atoms with van der Waals surface area (Å²) in [4.78, 5) is 26.6. The maximum atomic E-state index is 12.9. The van der Waals surface area contributed by atoms with Gasteiger partial charge in [-0.3, -0.25) is 9.69 Å². The quantitative estimate of drug-likeness (QED) is 0.776. The minimum atomic E-state index is -0.867. The van der Waals surface area contributed by atoms with Crippen molar-refractivity contribution in [3.05, 3.63) is 0 Å². The van der Waals surface area contributed by atoms with Crippen LogP contribution in [0.4, 0.5) is 4.79 Å². The molecule has 1 heterocycles. The van der Waals surface area contributed by atoms with Gasteiger partial charge in [0.2, 0.25) is 0 Å². The zero-order valence-electron chi connectivity index (χ0n) is 12.4. The maximum Gasteiger partial charge on any atom is 0.325 e. The maximum absolute atomic E-state index is 12.9. The highest BCUT2D eigenvalue weighted by Gasteiger charge is 2.65. The summed E-state index contributed by atoms with van der Waals surface area (Å²) < 4.78 is 0. The van der Waals surface area contributed by atoms with E-state index in [1.54, 1.807) is 0 Å². The third-order valence-corrected chi connectivity index (χ3v) is 5.84. The number of hydrogen-bond donors (Lipinski definition) is 2. The molecule has 5 nitrogen and oxygen atoms in total. The van der Waals surface area contributed by atoms with Crippen LogP contribution in [-0.4, -0.2) is 39.6 Å². The molecule has 4 aliphatic rings. The number of nitrogens with one attached hydrogen (secondary N) is 1. The highest BCUT2D eigenvalue weighted by molar-refractivity contribution is 6.08. The lowest BCUT2D eigenvalue weighted by Gasteiger charge is -2.35. The van der Waals surface area contributed by atoms with Gasteiger partial charge in [0.15, 0.2) is 0 Å². The molecular formula is C16H24N2O3. The van der Waals surface area contributed by atoms with Crippen molar-refractivity contribution in [3.63, 3.8) is 0 Å². The number of rotatable bonds is 4. The van der Waals surface area contributed by atoms with Crippen molar-refractivity contribution in [1.29, 1.82) is 0 Å². The molecule has 1 saturated heterocycles. The first-order valence-electron chi connectivity index (χ1n) is 8.42. The average Bonchev–Trinajstić information content (AvgIpc) is 3.35. The Morgan fingerprint density at radius 2 is 1.62 bits per heavy atom. The van der Waals surface area contributed by atoms with Gasteiger partial charge in [0.1, 0.15) is 5.54 Å². The molecule has 5 heteroatoms. The summed E-state index contributed by atoms with van der Waals surface area (Å²) >= 11 is 0. The van der Waals surface area contributed by atoms with Crippen LogP contribution in [0.5, 0.6) is 0 Å². The molecule has 3 aliphatic carbocycles. The summed E-state index contributed by atoms with van der Waals surface area (Å²) in [5, 5.41) is 13.7. The predicted octanol–water partition coefficient (Wildman–Crippen LogP) is 1.79. The number of β-amino-alcohol motifs (C(OH)–C–C–N with tert-alkyl or cyclic N) is 1. The number of carbonyl (C=O) groups is 2. The van der Waals surface area contributed by atoms with Gasteiger partial charge in [-0.25, -0.2) is 4.79 Å². The summed E-state index contributed by atoms with van der Waals surface area (Å²) in [6.07, 6.45) is 8.67. The van der Waals surface area contributed by atoms with Crippen molar-refractivity contribution in [2.24, 2.45) is 11.8 Å². The molecule has 0 spiro atoms. The third-order valence-electron chi connectivity index (χ3n) is 5.84. The molecule has 0 radical (unpaired) electrons. The largest absolute Gasteiger partial charge is 0.388 e. The van der Waals surface area contributed by atoms with Crippen molar-refractivity contribution in [3.8, 4) is 0 Å². The Kier molecular flexibility index (Phi) is 2.87. The standard InChI is InChI=1S/C16H24N2O3/c19-13-16(11-4-5-11,12-6-7-12)17-14(20)18(13)10-15(21)8-2-1-3-9-15/h11-12,21H,1-10H2,(H,17,20). The first-order chi connectivity index (χ1) is 10.1. The lowest BCUT2D eigenvalue weighted by Crippen LogP contribution is -2.52. The predicted molar refractivity (Wildman–Crippen MR) is 76.5 cm³/mol. The lowest BCUT2D eigenvalue weighted by molar-refractivity contribution is -0.136. The van der Waals surface area contributed by atoms with Crippen LogP contribution in [0.3, 0.4) is 0 Å². The molecule has 1 aliphatic heterocycles. The van der Waals surface area contributed by atoms with E-state index >= 15 is 0 Å². The van der Waals surface area contributed by atoms with Crippen LogP contribution in [-0.2, 0) is 4.79 Å². The van der Waals surface area contributed by atoms with Crippen molar-refractivity contribution in [1.82, 2.24) is 10.2 Å².